The minimum absolute atomic E-state index is 0.0297. The van der Waals surface area contributed by atoms with E-state index in [0.717, 1.165) is 6.07 Å². The Labute approximate surface area is 134 Å². The van der Waals surface area contributed by atoms with Crippen LogP contribution >= 0.6 is 0 Å². The van der Waals surface area contributed by atoms with E-state index in [2.05, 4.69) is 4.72 Å². The summed E-state index contributed by atoms with van der Waals surface area (Å²) in [5.74, 6) is -1.05. The van der Waals surface area contributed by atoms with Gasteiger partial charge in [-0.25, -0.2) is 22.3 Å². The lowest BCUT2D eigenvalue weighted by Gasteiger charge is -2.08. The van der Waals surface area contributed by atoms with E-state index in [1.165, 1.54) is 18.2 Å². The molecule has 0 saturated heterocycles. The smallest absolute Gasteiger partial charge is 0.338 e. The highest BCUT2D eigenvalue weighted by molar-refractivity contribution is 7.89. The van der Waals surface area contributed by atoms with Gasteiger partial charge in [-0.05, 0) is 42.8 Å². The van der Waals surface area contributed by atoms with Gasteiger partial charge in [-0.3, -0.25) is 0 Å². The number of rotatable bonds is 6. The number of halogens is 1. The fourth-order valence-corrected chi connectivity index (χ4v) is 2.92. The lowest BCUT2D eigenvalue weighted by Crippen LogP contribution is -2.23. The third kappa shape index (κ3) is 4.61. The van der Waals surface area contributed by atoms with Gasteiger partial charge in [0, 0.05) is 6.54 Å². The number of carbonyl (C=O) groups excluding carboxylic acids is 1. The summed E-state index contributed by atoms with van der Waals surface area (Å²) in [5.41, 5.74) is 1.06. The molecular weight excluding hydrogens is 321 g/mol. The van der Waals surface area contributed by atoms with Crippen molar-refractivity contribution in [1.82, 2.24) is 4.72 Å². The molecule has 0 radical (unpaired) electrons. The van der Waals surface area contributed by atoms with Gasteiger partial charge in [-0.15, -0.1) is 0 Å². The molecule has 0 aromatic heterocycles. The highest BCUT2D eigenvalue weighted by Crippen LogP contribution is 2.12. The fourth-order valence-electron chi connectivity index (χ4n) is 1.87. The number of ether oxygens (including phenoxy) is 1. The lowest BCUT2D eigenvalue weighted by atomic mass is 10.1. The Balaban J connectivity index is 2.04. The summed E-state index contributed by atoms with van der Waals surface area (Å²) >= 11 is 0. The van der Waals surface area contributed by atoms with Crippen LogP contribution in [-0.2, 0) is 21.3 Å². The Morgan fingerprint density at radius 2 is 1.87 bits per heavy atom. The Hall–Kier alpha value is -2.25. The van der Waals surface area contributed by atoms with Gasteiger partial charge < -0.3 is 4.74 Å². The average Bonchev–Trinajstić information content (AvgIpc) is 2.54. The van der Waals surface area contributed by atoms with Gasteiger partial charge in [0.15, 0.2) is 0 Å². The Bertz CT molecular complexity index is 788. The van der Waals surface area contributed by atoms with Crippen LogP contribution in [0.5, 0.6) is 0 Å². The minimum Gasteiger partial charge on any atom is -0.462 e. The van der Waals surface area contributed by atoms with Crippen molar-refractivity contribution in [2.24, 2.45) is 0 Å². The van der Waals surface area contributed by atoms with Gasteiger partial charge in [-0.2, -0.15) is 0 Å². The Kier molecular flexibility index (Phi) is 5.46. The van der Waals surface area contributed by atoms with Crippen LogP contribution in [0.1, 0.15) is 22.8 Å². The molecule has 0 aliphatic rings. The summed E-state index contributed by atoms with van der Waals surface area (Å²) in [6.45, 7) is 2.03. The first-order valence-corrected chi connectivity index (χ1v) is 8.42. The van der Waals surface area contributed by atoms with Crippen LogP contribution in [0.15, 0.2) is 53.4 Å². The molecule has 0 saturated carbocycles. The number of sulfonamides is 1. The maximum absolute atomic E-state index is 13.1. The number of carbonyl (C=O) groups is 1. The highest BCUT2D eigenvalue weighted by atomic mass is 32.2. The van der Waals surface area contributed by atoms with Crippen molar-refractivity contribution in [3.05, 3.63) is 65.5 Å². The van der Waals surface area contributed by atoms with Crippen LogP contribution in [-0.4, -0.2) is 21.0 Å². The largest absolute Gasteiger partial charge is 0.462 e. The lowest BCUT2D eigenvalue weighted by molar-refractivity contribution is 0.0526. The first-order valence-electron chi connectivity index (χ1n) is 6.93. The Morgan fingerprint density at radius 1 is 1.17 bits per heavy atom. The van der Waals surface area contributed by atoms with E-state index < -0.39 is 21.8 Å². The first-order chi connectivity index (χ1) is 10.9. The zero-order valence-electron chi connectivity index (χ0n) is 12.5. The second-order valence-electron chi connectivity index (χ2n) is 4.70. The Morgan fingerprint density at radius 3 is 2.48 bits per heavy atom. The molecule has 122 valence electrons. The number of hydrogen-bond acceptors (Lipinski definition) is 4. The summed E-state index contributed by atoms with van der Waals surface area (Å²) in [7, 11) is -3.80. The molecule has 2 aromatic rings. The van der Waals surface area contributed by atoms with Crippen LogP contribution in [0.2, 0.25) is 0 Å². The summed E-state index contributed by atoms with van der Waals surface area (Å²) < 4.78 is 44.5. The van der Waals surface area contributed by atoms with E-state index >= 15 is 0 Å². The van der Waals surface area contributed by atoms with Crippen LogP contribution in [0.3, 0.4) is 0 Å². The summed E-state index contributed by atoms with van der Waals surface area (Å²) in [4.78, 5) is 11.4. The zero-order valence-corrected chi connectivity index (χ0v) is 13.3. The van der Waals surface area contributed by atoms with Crippen molar-refractivity contribution >= 4 is 16.0 Å². The van der Waals surface area contributed by atoms with Gasteiger partial charge in [0.2, 0.25) is 10.0 Å². The molecule has 0 amide bonds. The molecule has 2 rings (SSSR count). The van der Waals surface area contributed by atoms with Crippen molar-refractivity contribution < 1.29 is 22.3 Å². The molecule has 0 fully saturated rings. The molecule has 0 aliphatic carbocycles. The zero-order chi connectivity index (χ0) is 16.9. The van der Waals surface area contributed by atoms with E-state index in [-0.39, 0.29) is 18.0 Å². The second kappa shape index (κ2) is 7.34. The van der Waals surface area contributed by atoms with Crippen molar-refractivity contribution in [1.29, 1.82) is 0 Å². The molecule has 5 nitrogen and oxygen atoms in total. The van der Waals surface area contributed by atoms with Crippen molar-refractivity contribution in [3.8, 4) is 0 Å². The molecule has 1 N–H and O–H groups in total. The maximum Gasteiger partial charge on any atom is 0.338 e. The average molecular weight is 337 g/mol. The molecule has 0 unspecified atom stereocenters. The number of benzene rings is 2. The number of esters is 1. The normalized spacial score (nSPS) is 11.2. The van der Waals surface area contributed by atoms with E-state index in [4.69, 9.17) is 4.74 Å². The van der Waals surface area contributed by atoms with Gasteiger partial charge >= 0.3 is 5.97 Å². The highest BCUT2D eigenvalue weighted by Gasteiger charge is 2.14. The minimum atomic E-state index is -3.80. The number of nitrogens with one attached hydrogen (secondary N) is 1. The third-order valence-corrected chi connectivity index (χ3v) is 4.44. The monoisotopic (exact) mass is 337 g/mol. The molecular formula is C16H16FNO4S. The number of hydrogen-bond donors (Lipinski definition) is 1. The predicted octanol–water partition coefficient (Wildman–Crippen LogP) is 2.48. The van der Waals surface area contributed by atoms with Crippen LogP contribution in [0, 0.1) is 5.82 Å². The molecule has 0 aliphatic heterocycles. The van der Waals surface area contributed by atoms with Gasteiger partial charge in [0.25, 0.3) is 0 Å². The predicted molar refractivity (Wildman–Crippen MR) is 82.8 cm³/mol. The van der Waals surface area contributed by atoms with Crippen LogP contribution < -0.4 is 4.72 Å². The third-order valence-electron chi connectivity index (χ3n) is 3.04. The fraction of sp³-hybridized carbons (Fsp3) is 0.188. The van der Waals surface area contributed by atoms with Crippen LogP contribution in [0.25, 0.3) is 0 Å². The van der Waals surface area contributed by atoms with Gasteiger partial charge in [0.05, 0.1) is 17.1 Å². The van der Waals surface area contributed by atoms with E-state index in [9.17, 15) is 17.6 Å². The quantitative estimate of drug-likeness (QED) is 0.822. The molecule has 7 heteroatoms. The topological polar surface area (TPSA) is 72.5 Å². The standard InChI is InChI=1S/C16H16FNO4S/c1-2-22-16(19)13-8-6-12(7-9-13)11-18-23(20,21)15-5-3-4-14(17)10-15/h3-10,18H,2,11H2,1H3. The maximum atomic E-state index is 13.1. The second-order valence-corrected chi connectivity index (χ2v) is 6.47. The molecule has 0 heterocycles. The van der Waals surface area contributed by atoms with Crippen molar-refractivity contribution in [2.75, 3.05) is 6.61 Å². The molecule has 2 aromatic carbocycles. The van der Waals surface area contributed by atoms with Gasteiger partial charge in [0.1, 0.15) is 5.82 Å². The van der Waals surface area contributed by atoms with Gasteiger partial charge in [-0.1, -0.05) is 18.2 Å². The SMILES string of the molecule is CCOC(=O)c1ccc(CNS(=O)(=O)c2cccc(F)c2)cc1. The van der Waals surface area contributed by atoms with Crippen LogP contribution in [0.4, 0.5) is 4.39 Å². The summed E-state index contributed by atoms with van der Waals surface area (Å²) in [6.07, 6.45) is 0. The summed E-state index contributed by atoms with van der Waals surface area (Å²) in [5, 5.41) is 0. The van der Waals surface area contributed by atoms with E-state index in [1.807, 2.05) is 0 Å². The first kappa shape index (κ1) is 17.1. The van der Waals surface area contributed by atoms with E-state index in [0.29, 0.717) is 11.1 Å². The molecule has 0 spiro atoms. The van der Waals surface area contributed by atoms with E-state index in [1.54, 1.807) is 31.2 Å². The molecule has 23 heavy (non-hydrogen) atoms. The van der Waals surface area contributed by atoms with Crippen molar-refractivity contribution in [3.63, 3.8) is 0 Å². The molecule has 0 atom stereocenters. The molecule has 0 bridgehead atoms. The van der Waals surface area contributed by atoms with Crippen molar-refractivity contribution in [2.45, 2.75) is 18.4 Å². The summed E-state index contributed by atoms with van der Waals surface area (Å²) in [6, 6.07) is 11.1.